The van der Waals surface area contributed by atoms with E-state index in [1.54, 1.807) is 0 Å². The van der Waals surface area contributed by atoms with E-state index in [4.69, 9.17) is 0 Å². The molecule has 0 aromatic heterocycles. The molecule has 0 aromatic carbocycles. The van der Waals surface area contributed by atoms with Gasteiger partial charge in [0.15, 0.2) is 0 Å². The quantitative estimate of drug-likeness (QED) is 0.536. The lowest BCUT2D eigenvalue weighted by atomic mass is 9.63. The van der Waals surface area contributed by atoms with Crippen LogP contribution in [0, 0.1) is 10.8 Å². The molecular weight excluding hydrogens is 182 g/mol. The van der Waals surface area contributed by atoms with Crippen LogP contribution in [0.3, 0.4) is 0 Å². The van der Waals surface area contributed by atoms with Gasteiger partial charge in [-0.15, -0.1) is 0 Å². The van der Waals surface area contributed by atoms with Crippen LogP contribution < -0.4 is 0 Å². The Kier molecular flexibility index (Phi) is 1.77. The fraction of sp³-hybridized carbons (Fsp3) is 1.00. The van der Waals surface area contributed by atoms with Gasteiger partial charge in [0.2, 0.25) is 0 Å². The summed E-state index contributed by atoms with van der Waals surface area (Å²) in [6, 6.07) is 1.90. The van der Waals surface area contributed by atoms with Crippen molar-refractivity contribution in [2.45, 2.75) is 64.5 Å². The van der Waals surface area contributed by atoms with Crippen molar-refractivity contribution < 1.29 is 4.48 Å². The first-order chi connectivity index (χ1) is 6.93. The van der Waals surface area contributed by atoms with Crippen LogP contribution in [0.1, 0.15) is 52.4 Å². The highest BCUT2D eigenvalue weighted by Gasteiger charge is 2.71. The summed E-state index contributed by atoms with van der Waals surface area (Å²) in [5.74, 6) is 0. The van der Waals surface area contributed by atoms with E-state index in [0.717, 1.165) is 12.1 Å². The van der Waals surface area contributed by atoms with Gasteiger partial charge in [0.25, 0.3) is 0 Å². The first-order valence-electron chi connectivity index (χ1n) is 6.76. The van der Waals surface area contributed by atoms with Gasteiger partial charge >= 0.3 is 0 Å². The van der Waals surface area contributed by atoms with Crippen LogP contribution in [-0.4, -0.2) is 30.7 Å². The molecule has 1 heterocycles. The Labute approximate surface area is 94.4 Å². The summed E-state index contributed by atoms with van der Waals surface area (Å²) in [5.41, 5.74) is 1.30. The van der Waals surface area contributed by atoms with E-state index in [1.165, 1.54) is 43.0 Å². The molecule has 0 radical (unpaired) electrons. The largest absolute Gasteiger partial charge is 0.323 e. The van der Waals surface area contributed by atoms with E-state index in [-0.39, 0.29) is 0 Å². The maximum atomic E-state index is 2.61. The lowest BCUT2D eigenvalue weighted by Crippen LogP contribution is -2.51. The molecule has 1 nitrogen and oxygen atoms in total. The molecule has 2 aliphatic carbocycles. The van der Waals surface area contributed by atoms with Gasteiger partial charge in [-0.3, -0.25) is 0 Å². The number of fused-ring (bicyclic) bond motifs is 3. The van der Waals surface area contributed by atoms with Gasteiger partial charge < -0.3 is 4.48 Å². The zero-order valence-electron chi connectivity index (χ0n) is 10.8. The first-order valence-corrected chi connectivity index (χ1v) is 6.76. The lowest BCUT2D eigenvalue weighted by Gasteiger charge is -2.38. The van der Waals surface area contributed by atoms with Gasteiger partial charge in [-0.05, 0) is 25.7 Å². The molecule has 15 heavy (non-hydrogen) atoms. The molecule has 2 saturated carbocycles. The molecule has 0 amide bonds. The summed E-state index contributed by atoms with van der Waals surface area (Å²) in [7, 11) is 5.02. The van der Waals surface area contributed by atoms with Gasteiger partial charge in [-0.2, -0.15) is 0 Å². The molecule has 3 rings (SSSR count). The second kappa shape index (κ2) is 2.61. The summed E-state index contributed by atoms with van der Waals surface area (Å²) in [6.07, 6.45) is 8.90. The van der Waals surface area contributed by atoms with E-state index in [9.17, 15) is 0 Å². The number of quaternary nitrogens is 1. The molecule has 0 unspecified atom stereocenters. The summed E-state index contributed by atoms with van der Waals surface area (Å²) in [5, 5.41) is 0. The third-order valence-corrected chi connectivity index (χ3v) is 6.73. The minimum atomic E-state index is 0.650. The maximum absolute atomic E-state index is 2.61. The van der Waals surface area contributed by atoms with E-state index < -0.39 is 0 Å². The van der Waals surface area contributed by atoms with E-state index in [2.05, 4.69) is 27.9 Å². The Morgan fingerprint density at radius 1 is 0.867 bits per heavy atom. The SMILES string of the molecule is C[C@]12CCC[C@H]1[N+](C)(C)[C@H]1CCC[C@]12C. The summed E-state index contributed by atoms with van der Waals surface area (Å²) < 4.78 is 1.33. The van der Waals surface area contributed by atoms with Crippen molar-refractivity contribution in [2.75, 3.05) is 14.1 Å². The van der Waals surface area contributed by atoms with Gasteiger partial charge in [0, 0.05) is 23.7 Å². The number of hydrogen-bond acceptors (Lipinski definition) is 0. The monoisotopic (exact) mass is 208 g/mol. The Bertz CT molecular complexity index is 268. The number of rotatable bonds is 0. The van der Waals surface area contributed by atoms with E-state index >= 15 is 0 Å². The first kappa shape index (κ1) is 10.1. The van der Waals surface area contributed by atoms with Crippen LogP contribution in [0.4, 0.5) is 0 Å². The van der Waals surface area contributed by atoms with Gasteiger partial charge in [-0.1, -0.05) is 13.8 Å². The number of nitrogens with zero attached hydrogens (tertiary/aromatic N) is 1. The minimum absolute atomic E-state index is 0.650. The van der Waals surface area contributed by atoms with Crippen LogP contribution in [-0.2, 0) is 0 Å². The standard InChI is InChI=1S/C14H26N/c1-13-9-5-7-11(13)15(3,4)12-8-6-10-14(12,13)2/h11-12H,5-10H2,1-4H3/q+1/t11-,12+,13+,14-. The van der Waals surface area contributed by atoms with Gasteiger partial charge in [-0.25, -0.2) is 0 Å². The maximum Gasteiger partial charge on any atom is 0.0950 e. The third kappa shape index (κ3) is 0.906. The normalized spacial score (nSPS) is 56.8. The van der Waals surface area contributed by atoms with Crippen molar-refractivity contribution in [1.82, 2.24) is 0 Å². The van der Waals surface area contributed by atoms with Crippen molar-refractivity contribution in [3.8, 4) is 0 Å². The van der Waals surface area contributed by atoms with Crippen molar-refractivity contribution in [1.29, 1.82) is 0 Å². The molecule has 0 N–H and O–H groups in total. The van der Waals surface area contributed by atoms with E-state index in [0.29, 0.717) is 10.8 Å². The topological polar surface area (TPSA) is 0 Å². The molecule has 86 valence electrons. The number of hydrogen-bond donors (Lipinski definition) is 0. The zero-order valence-corrected chi connectivity index (χ0v) is 10.8. The van der Waals surface area contributed by atoms with E-state index in [1.807, 2.05) is 0 Å². The molecule has 1 heteroatoms. The third-order valence-electron chi connectivity index (χ3n) is 6.73. The Morgan fingerprint density at radius 3 is 1.67 bits per heavy atom. The summed E-state index contributed by atoms with van der Waals surface area (Å²) >= 11 is 0. The highest BCUT2D eigenvalue weighted by molar-refractivity contribution is 5.12. The highest BCUT2D eigenvalue weighted by Crippen LogP contribution is 2.68. The average Bonchev–Trinajstić information content (AvgIpc) is 2.73. The lowest BCUT2D eigenvalue weighted by molar-refractivity contribution is -0.929. The average molecular weight is 208 g/mol. The Hall–Kier alpha value is -0.0400. The fourth-order valence-corrected chi connectivity index (χ4v) is 5.98. The van der Waals surface area contributed by atoms with Crippen molar-refractivity contribution >= 4 is 0 Å². The summed E-state index contributed by atoms with van der Waals surface area (Å²) in [6.45, 7) is 5.21. The molecule has 0 aromatic rings. The van der Waals surface area contributed by atoms with Crippen molar-refractivity contribution in [2.24, 2.45) is 10.8 Å². The summed E-state index contributed by atoms with van der Waals surface area (Å²) in [4.78, 5) is 0. The molecule has 0 bridgehead atoms. The highest BCUT2D eigenvalue weighted by atomic mass is 15.4. The van der Waals surface area contributed by atoms with Crippen molar-refractivity contribution in [3.05, 3.63) is 0 Å². The second-order valence-electron chi connectivity index (χ2n) is 7.28. The zero-order chi connectivity index (χ0) is 10.9. The van der Waals surface area contributed by atoms with Crippen LogP contribution >= 0.6 is 0 Å². The van der Waals surface area contributed by atoms with Crippen molar-refractivity contribution in [3.63, 3.8) is 0 Å². The Balaban J connectivity index is 2.13. The van der Waals surface area contributed by atoms with Crippen LogP contribution in [0.15, 0.2) is 0 Å². The molecule has 0 spiro atoms. The van der Waals surface area contributed by atoms with Crippen LogP contribution in [0.5, 0.6) is 0 Å². The predicted octanol–water partition coefficient (Wildman–Crippen LogP) is 3.19. The molecule has 3 aliphatic rings. The smallest absolute Gasteiger partial charge is 0.0950 e. The molecular formula is C14H26N+. The molecule has 1 saturated heterocycles. The molecule has 1 aliphatic heterocycles. The Morgan fingerprint density at radius 2 is 1.27 bits per heavy atom. The fourth-order valence-electron chi connectivity index (χ4n) is 5.98. The van der Waals surface area contributed by atoms with Gasteiger partial charge in [0.1, 0.15) is 0 Å². The second-order valence-corrected chi connectivity index (χ2v) is 7.28. The number of likely N-dealkylation sites (tertiary alicyclic amines) is 1. The predicted molar refractivity (Wildman–Crippen MR) is 63.6 cm³/mol. The van der Waals surface area contributed by atoms with Crippen LogP contribution in [0.25, 0.3) is 0 Å². The van der Waals surface area contributed by atoms with Crippen LogP contribution in [0.2, 0.25) is 0 Å². The molecule has 4 atom stereocenters. The molecule has 3 fully saturated rings. The minimum Gasteiger partial charge on any atom is -0.323 e. The van der Waals surface area contributed by atoms with Gasteiger partial charge in [0.05, 0.1) is 26.2 Å².